The van der Waals surface area contributed by atoms with Gasteiger partial charge in [-0.1, -0.05) is 26.7 Å². The number of piperidine rings is 1. The maximum atomic E-state index is 12.7. The number of likely N-dealkylation sites (tertiary alicyclic amines) is 1. The molecular weight excluding hydrogens is 248 g/mol. The van der Waals surface area contributed by atoms with Crippen LogP contribution in [0.3, 0.4) is 0 Å². The Balaban J connectivity index is 1.92. The Kier molecular flexibility index (Phi) is 5.88. The highest BCUT2D eigenvalue weighted by Crippen LogP contribution is 2.35. The molecule has 3 heteroatoms. The molecule has 0 bridgehead atoms. The zero-order valence-electron chi connectivity index (χ0n) is 13.3. The highest BCUT2D eigenvalue weighted by atomic mass is 16.2. The minimum Gasteiger partial charge on any atom is -0.339 e. The fraction of sp³-hybridized carbons (Fsp3) is 0.941. The Bertz CT molecular complexity index is 314. The molecule has 1 saturated heterocycles. The molecule has 3 atom stereocenters. The Hall–Kier alpha value is -0.570. The minimum absolute atomic E-state index is 0.367. The first-order chi connectivity index (χ1) is 9.61. The summed E-state index contributed by atoms with van der Waals surface area (Å²) in [5, 5.41) is 0. The van der Waals surface area contributed by atoms with Crippen molar-refractivity contribution in [2.24, 2.45) is 23.5 Å². The van der Waals surface area contributed by atoms with Crippen LogP contribution in [-0.4, -0.2) is 29.9 Å². The van der Waals surface area contributed by atoms with E-state index < -0.39 is 0 Å². The summed E-state index contributed by atoms with van der Waals surface area (Å²) in [6.45, 7) is 6.06. The molecule has 3 nitrogen and oxygen atoms in total. The maximum Gasteiger partial charge on any atom is 0.223 e. The molecule has 0 aromatic heterocycles. The van der Waals surface area contributed by atoms with Gasteiger partial charge in [0, 0.05) is 19.0 Å². The third-order valence-electron chi connectivity index (χ3n) is 5.16. The van der Waals surface area contributed by atoms with Crippen LogP contribution in [0.1, 0.15) is 65.2 Å². The number of hydrogen-bond donors (Lipinski definition) is 1. The van der Waals surface area contributed by atoms with Crippen molar-refractivity contribution in [1.82, 2.24) is 4.90 Å². The first kappa shape index (κ1) is 15.8. The molecular formula is C17H32N2O. The molecule has 0 radical (unpaired) electrons. The summed E-state index contributed by atoms with van der Waals surface area (Å²) >= 11 is 0. The van der Waals surface area contributed by atoms with Crippen molar-refractivity contribution < 1.29 is 4.79 Å². The van der Waals surface area contributed by atoms with Crippen molar-refractivity contribution in [2.75, 3.05) is 13.1 Å². The van der Waals surface area contributed by atoms with Gasteiger partial charge in [0.2, 0.25) is 5.91 Å². The van der Waals surface area contributed by atoms with Crippen LogP contribution in [0.2, 0.25) is 0 Å². The highest BCUT2D eigenvalue weighted by molar-refractivity contribution is 5.77. The number of rotatable bonds is 5. The molecule has 20 heavy (non-hydrogen) atoms. The molecule has 0 aromatic carbocycles. The van der Waals surface area contributed by atoms with E-state index in [1.807, 2.05) is 0 Å². The zero-order valence-corrected chi connectivity index (χ0v) is 13.3. The monoisotopic (exact) mass is 280 g/mol. The molecule has 1 heterocycles. The van der Waals surface area contributed by atoms with Gasteiger partial charge in [-0.25, -0.2) is 0 Å². The smallest absolute Gasteiger partial charge is 0.223 e. The van der Waals surface area contributed by atoms with Crippen LogP contribution >= 0.6 is 0 Å². The fourth-order valence-electron chi connectivity index (χ4n) is 4.23. The first-order valence-corrected chi connectivity index (χ1v) is 8.61. The summed E-state index contributed by atoms with van der Waals surface area (Å²) in [6.07, 6.45) is 9.50. The van der Waals surface area contributed by atoms with Crippen molar-refractivity contribution >= 4 is 5.91 Å². The second kappa shape index (κ2) is 7.44. The zero-order chi connectivity index (χ0) is 14.5. The van der Waals surface area contributed by atoms with Crippen LogP contribution in [0.15, 0.2) is 0 Å². The van der Waals surface area contributed by atoms with E-state index in [1.54, 1.807) is 0 Å². The van der Waals surface area contributed by atoms with Crippen molar-refractivity contribution in [2.45, 2.75) is 71.3 Å². The lowest BCUT2D eigenvalue weighted by Gasteiger charge is -2.44. The van der Waals surface area contributed by atoms with Gasteiger partial charge in [-0.3, -0.25) is 4.79 Å². The molecule has 0 spiro atoms. The number of carbonyl (C=O) groups excluding carboxylic acids is 1. The molecule has 1 aliphatic carbocycles. The van der Waals surface area contributed by atoms with Crippen molar-refractivity contribution in [3.63, 3.8) is 0 Å². The number of hydrogen-bond acceptors (Lipinski definition) is 2. The number of fused-ring (bicyclic) bond motifs is 1. The average molecular weight is 280 g/mol. The Morgan fingerprint density at radius 1 is 1.20 bits per heavy atom. The minimum atomic E-state index is 0.367. The highest BCUT2D eigenvalue weighted by Gasteiger charge is 2.35. The second-order valence-electron chi connectivity index (χ2n) is 7.28. The van der Waals surface area contributed by atoms with E-state index in [1.165, 1.54) is 38.5 Å². The molecule has 2 aliphatic rings. The van der Waals surface area contributed by atoms with Gasteiger partial charge in [0.15, 0.2) is 0 Å². The van der Waals surface area contributed by atoms with Gasteiger partial charge in [0.1, 0.15) is 0 Å². The SMILES string of the molecule is CC(C)CC(CN)CC(=O)N1CCCC2CCCCC21. The van der Waals surface area contributed by atoms with Crippen LogP contribution in [-0.2, 0) is 4.79 Å². The van der Waals surface area contributed by atoms with E-state index in [0.717, 1.165) is 18.9 Å². The molecule has 2 rings (SSSR count). The Morgan fingerprint density at radius 2 is 1.90 bits per heavy atom. The van der Waals surface area contributed by atoms with Crippen molar-refractivity contribution in [1.29, 1.82) is 0 Å². The first-order valence-electron chi connectivity index (χ1n) is 8.61. The quantitative estimate of drug-likeness (QED) is 0.840. The van der Waals surface area contributed by atoms with Gasteiger partial charge in [-0.15, -0.1) is 0 Å². The lowest BCUT2D eigenvalue weighted by atomic mass is 9.78. The molecule has 2 N–H and O–H groups in total. The summed E-state index contributed by atoms with van der Waals surface area (Å²) < 4.78 is 0. The molecule has 116 valence electrons. The molecule has 1 amide bonds. The van der Waals surface area contributed by atoms with Crippen LogP contribution < -0.4 is 5.73 Å². The predicted octanol–water partition coefficient (Wildman–Crippen LogP) is 3.18. The van der Waals surface area contributed by atoms with Gasteiger partial charge in [0.25, 0.3) is 0 Å². The maximum absolute atomic E-state index is 12.7. The third kappa shape index (κ3) is 3.97. The van der Waals surface area contributed by atoms with E-state index in [4.69, 9.17) is 5.73 Å². The number of amides is 1. The fourth-order valence-corrected chi connectivity index (χ4v) is 4.23. The second-order valence-corrected chi connectivity index (χ2v) is 7.28. The normalized spacial score (nSPS) is 28.3. The predicted molar refractivity (Wildman–Crippen MR) is 83.3 cm³/mol. The van der Waals surface area contributed by atoms with Crippen molar-refractivity contribution in [3.05, 3.63) is 0 Å². The van der Waals surface area contributed by atoms with E-state index >= 15 is 0 Å². The van der Waals surface area contributed by atoms with Crippen LogP contribution in [0, 0.1) is 17.8 Å². The largest absolute Gasteiger partial charge is 0.339 e. The van der Waals surface area contributed by atoms with E-state index in [9.17, 15) is 4.79 Å². The van der Waals surface area contributed by atoms with Gasteiger partial charge in [-0.05, 0) is 56.4 Å². The lowest BCUT2D eigenvalue weighted by molar-refractivity contribution is -0.138. The Morgan fingerprint density at radius 3 is 2.60 bits per heavy atom. The molecule has 3 unspecified atom stereocenters. The molecule has 2 fully saturated rings. The van der Waals surface area contributed by atoms with Crippen LogP contribution in [0.5, 0.6) is 0 Å². The summed E-state index contributed by atoms with van der Waals surface area (Å²) in [7, 11) is 0. The van der Waals surface area contributed by atoms with Gasteiger partial charge in [-0.2, -0.15) is 0 Å². The summed E-state index contributed by atoms with van der Waals surface area (Å²) in [5.41, 5.74) is 5.86. The Labute approximate surface area is 124 Å². The van der Waals surface area contributed by atoms with Gasteiger partial charge >= 0.3 is 0 Å². The summed E-state index contributed by atoms with van der Waals surface area (Å²) in [6, 6.07) is 0.544. The van der Waals surface area contributed by atoms with Crippen molar-refractivity contribution in [3.8, 4) is 0 Å². The van der Waals surface area contributed by atoms with Gasteiger partial charge < -0.3 is 10.6 Å². The van der Waals surface area contributed by atoms with Gasteiger partial charge in [0.05, 0.1) is 0 Å². The van der Waals surface area contributed by atoms with Crippen LogP contribution in [0.25, 0.3) is 0 Å². The summed E-state index contributed by atoms with van der Waals surface area (Å²) in [5.74, 6) is 2.15. The summed E-state index contributed by atoms with van der Waals surface area (Å²) in [4.78, 5) is 14.9. The van der Waals surface area contributed by atoms with E-state index in [2.05, 4.69) is 18.7 Å². The van der Waals surface area contributed by atoms with E-state index in [0.29, 0.717) is 36.8 Å². The average Bonchev–Trinajstić information content (AvgIpc) is 2.45. The topological polar surface area (TPSA) is 46.3 Å². The number of carbonyl (C=O) groups is 1. The van der Waals surface area contributed by atoms with Crippen LogP contribution in [0.4, 0.5) is 0 Å². The number of nitrogens with zero attached hydrogens (tertiary/aromatic N) is 1. The standard InChI is InChI=1S/C17H32N2O/c1-13(2)10-14(12-18)11-17(20)19-9-5-7-15-6-3-4-8-16(15)19/h13-16H,3-12,18H2,1-2H3. The number of nitrogens with two attached hydrogens (primary N) is 1. The lowest BCUT2D eigenvalue weighted by Crippen LogP contribution is -2.50. The molecule has 1 aliphatic heterocycles. The molecule has 1 saturated carbocycles. The third-order valence-corrected chi connectivity index (χ3v) is 5.16. The van der Waals surface area contributed by atoms with E-state index in [-0.39, 0.29) is 0 Å². The molecule has 0 aromatic rings.